The number of nitrogens with one attached hydrogen (secondary N) is 2. The maximum absolute atomic E-state index is 14.5. The van der Waals surface area contributed by atoms with Crippen molar-refractivity contribution in [3.05, 3.63) is 95.0 Å². The lowest BCUT2D eigenvalue weighted by Crippen LogP contribution is -2.44. The van der Waals surface area contributed by atoms with E-state index in [9.17, 15) is 18.7 Å². The highest BCUT2D eigenvalue weighted by molar-refractivity contribution is 6.34. The molecule has 2 heterocycles. The molecule has 9 heteroatoms. The Morgan fingerprint density at radius 3 is 2.62 bits per heavy atom. The number of aliphatic hydroxyl groups excluding tert-OH is 1. The molecule has 0 aliphatic heterocycles. The second kappa shape index (κ2) is 10.5. The summed E-state index contributed by atoms with van der Waals surface area (Å²) in [6.45, 7) is -0.748. The van der Waals surface area contributed by atoms with Crippen molar-refractivity contribution in [1.82, 2.24) is 20.5 Å². The number of carbonyl (C=O) groups is 1. The summed E-state index contributed by atoms with van der Waals surface area (Å²) in [4.78, 5) is 17.4. The summed E-state index contributed by atoms with van der Waals surface area (Å²) in [5.74, 6) is -0.925. The summed E-state index contributed by atoms with van der Waals surface area (Å²) in [5, 5.41) is 19.4. The molecule has 0 fully saturated rings. The minimum atomic E-state index is -1.69. The van der Waals surface area contributed by atoms with Crippen molar-refractivity contribution in [2.24, 2.45) is 0 Å². The van der Waals surface area contributed by atoms with Gasteiger partial charge in [-0.3, -0.25) is 14.9 Å². The predicted octanol–water partition coefficient (Wildman–Crippen LogP) is 4.60. The van der Waals surface area contributed by atoms with E-state index in [1.807, 2.05) is 0 Å². The lowest BCUT2D eigenvalue weighted by atomic mass is 10.0. The van der Waals surface area contributed by atoms with Crippen LogP contribution < -0.4 is 5.32 Å². The molecular weight excluding hydrogens is 462 g/mol. The van der Waals surface area contributed by atoms with Crippen LogP contribution in [0, 0.1) is 5.82 Å². The summed E-state index contributed by atoms with van der Waals surface area (Å²) < 4.78 is 27.8. The molecule has 0 aliphatic rings. The van der Waals surface area contributed by atoms with Crippen molar-refractivity contribution in [3.8, 4) is 22.5 Å². The highest BCUT2D eigenvalue weighted by Crippen LogP contribution is 2.32. The fourth-order valence-electron chi connectivity index (χ4n) is 3.59. The fourth-order valence-corrected chi connectivity index (χ4v) is 3.87. The van der Waals surface area contributed by atoms with Crippen LogP contribution in [0.5, 0.6) is 0 Å². The molecular formula is C25H21ClF2N4O2. The summed E-state index contributed by atoms with van der Waals surface area (Å²) >= 11 is 6.44. The molecule has 4 aromatic rings. The van der Waals surface area contributed by atoms with Crippen LogP contribution in [0.25, 0.3) is 22.5 Å². The van der Waals surface area contributed by atoms with E-state index >= 15 is 0 Å². The Labute approximate surface area is 199 Å². The van der Waals surface area contributed by atoms with Crippen molar-refractivity contribution in [1.29, 1.82) is 0 Å². The van der Waals surface area contributed by atoms with Crippen LogP contribution in [0.1, 0.15) is 16.1 Å². The van der Waals surface area contributed by atoms with Gasteiger partial charge in [-0.15, -0.1) is 0 Å². The first-order valence-corrected chi connectivity index (χ1v) is 10.9. The summed E-state index contributed by atoms with van der Waals surface area (Å²) in [6.07, 6.45) is -0.0131. The number of aliphatic hydroxyl groups is 1. The molecule has 0 bridgehead atoms. The van der Waals surface area contributed by atoms with Gasteiger partial charge in [0.05, 0.1) is 34.6 Å². The summed E-state index contributed by atoms with van der Waals surface area (Å²) in [5.41, 5.74) is 2.86. The van der Waals surface area contributed by atoms with Gasteiger partial charge in [0.1, 0.15) is 12.0 Å². The number of nitrogens with zero attached hydrogens (tertiary/aromatic N) is 2. The van der Waals surface area contributed by atoms with Crippen molar-refractivity contribution in [2.45, 2.75) is 18.6 Å². The average molecular weight is 483 g/mol. The van der Waals surface area contributed by atoms with Crippen LogP contribution in [0.2, 0.25) is 5.02 Å². The largest absolute Gasteiger partial charge is 0.393 e. The number of amides is 1. The first-order valence-electron chi connectivity index (χ1n) is 10.5. The molecule has 1 unspecified atom stereocenters. The highest BCUT2D eigenvalue weighted by atomic mass is 35.5. The molecule has 0 spiro atoms. The zero-order chi connectivity index (χ0) is 24.1. The third-order valence-corrected chi connectivity index (χ3v) is 5.64. The molecule has 174 valence electrons. The smallest absolute Gasteiger partial charge is 0.252 e. The molecule has 0 saturated heterocycles. The van der Waals surface area contributed by atoms with Gasteiger partial charge in [0.15, 0.2) is 0 Å². The van der Waals surface area contributed by atoms with Crippen LogP contribution in [0.3, 0.4) is 0 Å². The second-order valence-electron chi connectivity index (χ2n) is 7.64. The third kappa shape index (κ3) is 5.30. The Bertz CT molecular complexity index is 1270. The van der Waals surface area contributed by atoms with E-state index in [0.717, 1.165) is 0 Å². The molecule has 3 N–H and O–H groups in total. The molecule has 2 aromatic heterocycles. The minimum absolute atomic E-state index is 0.100. The summed E-state index contributed by atoms with van der Waals surface area (Å²) in [7, 11) is 0. The minimum Gasteiger partial charge on any atom is -0.393 e. The molecule has 0 radical (unpaired) electrons. The van der Waals surface area contributed by atoms with Crippen LogP contribution in [0.15, 0.2) is 72.9 Å². The SMILES string of the molecule is O=C(NC(Cc1ccccn1)[C@H](F)CO)c1cccc(Cl)c1-c1cc(-c2ccc(F)cc2)n[nH]1. The van der Waals surface area contributed by atoms with Gasteiger partial charge in [0.25, 0.3) is 5.91 Å². The number of aromatic nitrogens is 3. The number of aromatic amines is 1. The van der Waals surface area contributed by atoms with Crippen LogP contribution in [-0.4, -0.2) is 45.0 Å². The quantitative estimate of drug-likeness (QED) is 0.342. The van der Waals surface area contributed by atoms with Crippen LogP contribution >= 0.6 is 11.6 Å². The Hall–Kier alpha value is -3.62. The number of carbonyl (C=O) groups excluding carboxylic acids is 1. The van der Waals surface area contributed by atoms with Crippen molar-refractivity contribution in [3.63, 3.8) is 0 Å². The molecule has 2 atom stereocenters. The number of alkyl halides is 1. The third-order valence-electron chi connectivity index (χ3n) is 5.33. The molecule has 4 rings (SSSR count). The van der Waals surface area contributed by atoms with Gasteiger partial charge >= 0.3 is 0 Å². The lowest BCUT2D eigenvalue weighted by Gasteiger charge is -2.22. The number of hydrogen-bond donors (Lipinski definition) is 3. The predicted molar refractivity (Wildman–Crippen MR) is 126 cm³/mol. The first-order chi connectivity index (χ1) is 16.5. The van der Waals surface area contributed by atoms with Gasteiger partial charge < -0.3 is 10.4 Å². The Kier molecular flexibility index (Phi) is 7.30. The average Bonchev–Trinajstić information content (AvgIpc) is 3.33. The summed E-state index contributed by atoms with van der Waals surface area (Å²) in [6, 6.07) is 16.6. The molecule has 6 nitrogen and oxygen atoms in total. The number of halogens is 3. The first kappa shape index (κ1) is 23.5. The number of rotatable bonds is 8. The van der Waals surface area contributed by atoms with Crippen LogP contribution in [-0.2, 0) is 6.42 Å². The molecule has 0 aliphatic carbocycles. The van der Waals surface area contributed by atoms with E-state index in [1.165, 1.54) is 12.1 Å². The monoisotopic (exact) mass is 482 g/mol. The zero-order valence-corrected chi connectivity index (χ0v) is 18.6. The lowest BCUT2D eigenvalue weighted by molar-refractivity contribution is 0.0869. The van der Waals surface area contributed by atoms with E-state index in [1.54, 1.807) is 60.8 Å². The van der Waals surface area contributed by atoms with Crippen molar-refractivity contribution >= 4 is 17.5 Å². The number of H-pyrrole nitrogens is 1. The van der Waals surface area contributed by atoms with E-state index in [2.05, 4.69) is 20.5 Å². The van der Waals surface area contributed by atoms with Gasteiger partial charge in [-0.05, 0) is 54.6 Å². The van der Waals surface area contributed by atoms with E-state index in [4.69, 9.17) is 11.6 Å². The molecule has 0 saturated carbocycles. The maximum atomic E-state index is 14.5. The Morgan fingerprint density at radius 2 is 1.91 bits per heavy atom. The highest BCUT2D eigenvalue weighted by Gasteiger charge is 2.26. The van der Waals surface area contributed by atoms with Gasteiger partial charge in [-0.1, -0.05) is 23.7 Å². The van der Waals surface area contributed by atoms with E-state index in [-0.39, 0.29) is 17.8 Å². The van der Waals surface area contributed by atoms with Crippen molar-refractivity contribution < 1.29 is 18.7 Å². The Morgan fingerprint density at radius 1 is 1.12 bits per heavy atom. The number of pyridine rings is 1. The maximum Gasteiger partial charge on any atom is 0.252 e. The van der Waals surface area contributed by atoms with Crippen LogP contribution in [0.4, 0.5) is 8.78 Å². The van der Waals surface area contributed by atoms with Gasteiger partial charge in [0, 0.05) is 29.4 Å². The van der Waals surface area contributed by atoms with Gasteiger partial charge in [-0.2, -0.15) is 5.10 Å². The fraction of sp³-hybridized carbons (Fsp3) is 0.160. The second-order valence-corrected chi connectivity index (χ2v) is 8.05. The molecule has 2 aromatic carbocycles. The zero-order valence-electron chi connectivity index (χ0n) is 17.9. The normalized spacial score (nSPS) is 12.8. The molecule has 34 heavy (non-hydrogen) atoms. The van der Waals surface area contributed by atoms with Gasteiger partial charge in [-0.25, -0.2) is 8.78 Å². The topological polar surface area (TPSA) is 90.9 Å². The standard InChI is InChI=1S/C25H21ClF2N4O2/c26-19-6-3-5-18(24(19)23-13-21(31-32-23)15-7-9-16(27)10-8-15)25(34)30-22(20(28)14-33)12-17-4-1-2-11-29-17/h1-11,13,20,22,33H,12,14H2,(H,30,34)(H,31,32)/t20-,22?/m1/s1. The van der Waals surface area contributed by atoms with Gasteiger partial charge in [0.2, 0.25) is 0 Å². The Balaban J connectivity index is 1.63. The van der Waals surface area contributed by atoms with E-state index < -0.39 is 24.7 Å². The molecule has 1 amide bonds. The van der Waals surface area contributed by atoms with Crippen molar-refractivity contribution in [2.75, 3.05) is 6.61 Å². The number of hydrogen-bond acceptors (Lipinski definition) is 4. The number of benzene rings is 2. The van der Waals surface area contributed by atoms with E-state index in [0.29, 0.717) is 33.2 Å².